The minimum absolute atomic E-state index is 0. The maximum Gasteiger partial charge on any atom is 1.00 e. The third-order valence-corrected chi connectivity index (χ3v) is 3.16. The number of fused-ring (bicyclic) bond motifs is 1. The van der Waals surface area contributed by atoms with Gasteiger partial charge in [0, 0.05) is 12.7 Å². The van der Waals surface area contributed by atoms with Crippen LogP contribution in [0.2, 0.25) is 0 Å². The molecule has 2 heterocycles. The maximum absolute atomic E-state index is 13.5. The summed E-state index contributed by atoms with van der Waals surface area (Å²) in [5.41, 5.74) is 1.59. The summed E-state index contributed by atoms with van der Waals surface area (Å²) in [6, 6.07) is 7.61. The van der Waals surface area contributed by atoms with Crippen LogP contribution in [-0.4, -0.2) is 27.7 Å². The first-order chi connectivity index (χ1) is 10.6. The molecule has 0 saturated carbocycles. The predicted molar refractivity (Wildman–Crippen MR) is 73.4 cm³/mol. The molecule has 0 amide bonds. The summed E-state index contributed by atoms with van der Waals surface area (Å²) in [4.78, 5) is 15.4. The van der Waals surface area contributed by atoms with Gasteiger partial charge in [-0.15, -0.1) is 0 Å². The zero-order valence-corrected chi connectivity index (χ0v) is 14.6. The molecule has 3 rings (SSSR count). The molecule has 1 aromatic carbocycles. The Morgan fingerprint density at radius 1 is 1.39 bits per heavy atom. The predicted octanol–water partition coefficient (Wildman–Crippen LogP) is -1.95. The van der Waals surface area contributed by atoms with Crippen LogP contribution in [0.4, 0.5) is 4.39 Å². The number of hydrogen-bond donors (Lipinski definition) is 0. The van der Waals surface area contributed by atoms with E-state index in [9.17, 15) is 14.3 Å². The van der Waals surface area contributed by atoms with Crippen LogP contribution in [-0.2, 0) is 11.3 Å². The van der Waals surface area contributed by atoms with E-state index in [1.165, 1.54) is 23.8 Å². The van der Waals surface area contributed by atoms with Gasteiger partial charge in [-0.25, -0.2) is 13.9 Å². The van der Waals surface area contributed by atoms with Gasteiger partial charge in [0.25, 0.3) is 0 Å². The molecule has 8 heteroatoms. The summed E-state index contributed by atoms with van der Waals surface area (Å²) in [5.74, 6) is -1.77. The van der Waals surface area contributed by atoms with Crippen molar-refractivity contribution in [3.05, 3.63) is 53.6 Å². The average molecular weight is 323 g/mol. The third kappa shape index (κ3) is 3.42. The van der Waals surface area contributed by atoms with Crippen LogP contribution in [0, 0.1) is 5.82 Å². The van der Waals surface area contributed by atoms with E-state index in [4.69, 9.17) is 4.74 Å². The van der Waals surface area contributed by atoms with Crippen LogP contribution in [0.5, 0.6) is 0 Å². The molecule has 0 bridgehead atoms. The zero-order valence-electron chi connectivity index (χ0n) is 12.6. The number of carboxylic acid groups (broad SMARTS) is 1. The zero-order chi connectivity index (χ0) is 15.7. The van der Waals surface area contributed by atoms with E-state index in [2.05, 4.69) is 10.1 Å². The van der Waals surface area contributed by atoms with E-state index < -0.39 is 11.8 Å². The van der Waals surface area contributed by atoms with Gasteiger partial charge < -0.3 is 14.6 Å². The van der Waals surface area contributed by atoms with Crippen molar-refractivity contribution in [2.75, 3.05) is 7.11 Å². The van der Waals surface area contributed by atoms with E-state index in [1.807, 2.05) is 0 Å². The van der Waals surface area contributed by atoms with Crippen LogP contribution < -0.4 is 34.7 Å². The van der Waals surface area contributed by atoms with Crippen LogP contribution in [0.25, 0.3) is 16.9 Å². The summed E-state index contributed by atoms with van der Waals surface area (Å²) in [6.45, 7) is 0.191. The minimum atomic E-state index is -1.37. The minimum Gasteiger partial charge on any atom is -0.545 e. The Balaban J connectivity index is 0.00000192. The number of carbonyl (C=O) groups is 1. The second-order valence-electron chi connectivity index (χ2n) is 4.66. The van der Waals surface area contributed by atoms with Gasteiger partial charge in [0.05, 0.1) is 35.7 Å². The summed E-state index contributed by atoms with van der Waals surface area (Å²) in [7, 11) is 1.50. The Labute approximate surface area is 153 Å². The smallest absolute Gasteiger partial charge is 0.545 e. The van der Waals surface area contributed by atoms with Crippen molar-refractivity contribution >= 4 is 11.6 Å². The first kappa shape index (κ1) is 17.6. The normalized spacial score (nSPS) is 10.5. The van der Waals surface area contributed by atoms with Crippen molar-refractivity contribution < 1.29 is 48.6 Å². The van der Waals surface area contributed by atoms with Crippen LogP contribution in [0.1, 0.15) is 16.1 Å². The monoisotopic (exact) mass is 323 g/mol. The number of hydrogen-bond acceptors (Lipinski definition) is 5. The maximum atomic E-state index is 13.5. The van der Waals surface area contributed by atoms with Gasteiger partial charge in [0.2, 0.25) is 0 Å². The van der Waals surface area contributed by atoms with Gasteiger partial charge >= 0.3 is 29.6 Å². The molecule has 0 spiro atoms. The molecular weight excluding hydrogens is 312 g/mol. The Morgan fingerprint density at radius 2 is 2.17 bits per heavy atom. The molecule has 0 fully saturated rings. The summed E-state index contributed by atoms with van der Waals surface area (Å²) < 4.78 is 19.8. The average Bonchev–Trinajstić information content (AvgIpc) is 2.90. The van der Waals surface area contributed by atoms with Crippen molar-refractivity contribution in [3.8, 4) is 11.3 Å². The number of halogens is 1. The molecule has 0 unspecified atom stereocenters. The first-order valence-corrected chi connectivity index (χ1v) is 6.44. The second-order valence-corrected chi connectivity index (χ2v) is 4.66. The fourth-order valence-corrected chi connectivity index (χ4v) is 2.23. The second kappa shape index (κ2) is 7.18. The van der Waals surface area contributed by atoms with Gasteiger partial charge in [-0.2, -0.15) is 5.10 Å². The topological polar surface area (TPSA) is 79.5 Å². The van der Waals surface area contributed by atoms with E-state index >= 15 is 0 Å². The fourth-order valence-electron chi connectivity index (χ4n) is 2.23. The number of methoxy groups -OCH3 is 1. The Hall–Kier alpha value is -1.80. The molecule has 0 atom stereocenters. The number of ether oxygens (including phenoxy) is 1. The molecule has 0 aliphatic carbocycles. The third-order valence-electron chi connectivity index (χ3n) is 3.16. The van der Waals surface area contributed by atoms with Crippen LogP contribution >= 0.6 is 0 Å². The van der Waals surface area contributed by atoms with E-state index in [1.54, 1.807) is 18.2 Å². The fraction of sp³-hybridized carbons (Fsp3) is 0.133. The Morgan fingerprint density at radius 3 is 2.83 bits per heavy atom. The molecule has 3 aromatic rings. The SMILES string of the molecule is COCc1cc(-c2cccc(F)c2)n2ncc(C(=O)[O-])c2n1.[Na+]. The van der Waals surface area contributed by atoms with Gasteiger partial charge in [-0.1, -0.05) is 12.1 Å². The number of benzene rings is 1. The number of nitrogens with zero attached hydrogens (tertiary/aromatic N) is 3. The van der Waals surface area contributed by atoms with Crippen molar-refractivity contribution in [3.63, 3.8) is 0 Å². The Kier molecular flexibility index (Phi) is 5.48. The van der Waals surface area contributed by atoms with Crippen LogP contribution in [0.15, 0.2) is 36.5 Å². The largest absolute Gasteiger partial charge is 1.00 e. The molecular formula is C15H11FN3NaO3. The van der Waals surface area contributed by atoms with E-state index in [0.29, 0.717) is 17.0 Å². The number of aromatic nitrogens is 3. The molecule has 0 aliphatic rings. The molecule has 23 heavy (non-hydrogen) atoms. The standard InChI is InChI=1S/C15H12FN3O3.Na/c1-22-8-11-6-13(9-3-2-4-10(16)5-9)19-14(18-11)12(7-17-19)15(20)21;/h2-7H,8H2,1H3,(H,20,21);/q;+1/p-1. The Bertz CT molecular complexity index is 866. The number of carboxylic acids is 1. The van der Waals surface area contributed by atoms with Gasteiger partial charge in [0.15, 0.2) is 5.65 Å². The summed E-state index contributed by atoms with van der Waals surface area (Å²) >= 11 is 0. The summed E-state index contributed by atoms with van der Waals surface area (Å²) in [5, 5.41) is 15.2. The van der Waals surface area contributed by atoms with Crippen molar-refractivity contribution in [1.82, 2.24) is 14.6 Å². The summed E-state index contributed by atoms with van der Waals surface area (Å²) in [6.07, 6.45) is 1.16. The number of rotatable bonds is 4. The van der Waals surface area contributed by atoms with Crippen molar-refractivity contribution in [1.29, 1.82) is 0 Å². The molecule has 0 aliphatic heterocycles. The van der Waals surface area contributed by atoms with Gasteiger partial charge in [-0.05, 0) is 18.2 Å². The van der Waals surface area contributed by atoms with Gasteiger partial charge in [0.1, 0.15) is 5.82 Å². The van der Waals surface area contributed by atoms with E-state index in [0.717, 1.165) is 6.20 Å². The first-order valence-electron chi connectivity index (χ1n) is 6.44. The molecule has 0 radical (unpaired) electrons. The number of aromatic carboxylic acids is 1. The van der Waals surface area contributed by atoms with Gasteiger partial charge in [-0.3, -0.25) is 0 Å². The molecule has 6 nitrogen and oxygen atoms in total. The quantitative estimate of drug-likeness (QED) is 0.522. The molecule has 2 aromatic heterocycles. The molecule has 112 valence electrons. The molecule has 0 saturated heterocycles. The van der Waals surface area contributed by atoms with E-state index in [-0.39, 0.29) is 47.4 Å². The van der Waals surface area contributed by atoms with Crippen molar-refractivity contribution in [2.45, 2.75) is 6.61 Å². The van der Waals surface area contributed by atoms with Crippen molar-refractivity contribution in [2.24, 2.45) is 0 Å². The van der Waals surface area contributed by atoms with Crippen LogP contribution in [0.3, 0.4) is 0 Å². The number of carbonyl (C=O) groups excluding carboxylic acids is 1. The molecule has 0 N–H and O–H groups in total.